The van der Waals surface area contributed by atoms with Crippen molar-refractivity contribution < 1.29 is 0 Å². The van der Waals surface area contributed by atoms with Crippen LogP contribution in [0.3, 0.4) is 0 Å². The quantitative estimate of drug-likeness (QED) is 0.668. The molecule has 0 saturated carbocycles. The number of fused-ring (bicyclic) bond motifs is 1. The largest absolute Gasteiger partial charge is 0.378 e. The molecule has 0 unspecified atom stereocenters. The molecule has 0 radical (unpaired) electrons. The maximum Gasteiger partial charge on any atom is 0.108 e. The lowest BCUT2D eigenvalue weighted by Crippen LogP contribution is -2.07. The van der Waals surface area contributed by atoms with E-state index >= 15 is 0 Å². The minimum Gasteiger partial charge on any atom is -0.378 e. The molecule has 4 heteroatoms. The van der Waals surface area contributed by atoms with Gasteiger partial charge < -0.3 is 4.90 Å². The summed E-state index contributed by atoms with van der Waals surface area (Å²) in [5.41, 5.74) is 2.14. The molecular weight excluding hydrogens is 170 g/mol. The van der Waals surface area contributed by atoms with Crippen LogP contribution >= 0.6 is 11.5 Å². The monoisotopic (exact) mass is 179 g/mol. The maximum absolute atomic E-state index is 4.00. The van der Waals surface area contributed by atoms with Gasteiger partial charge >= 0.3 is 0 Å². The van der Waals surface area contributed by atoms with Crippen molar-refractivity contribution in [2.24, 2.45) is 0 Å². The van der Waals surface area contributed by atoms with E-state index in [0.717, 1.165) is 15.9 Å². The van der Waals surface area contributed by atoms with Crippen molar-refractivity contribution in [3.05, 3.63) is 18.2 Å². The molecule has 0 aliphatic carbocycles. The Balaban J connectivity index is 2.60. The van der Waals surface area contributed by atoms with Gasteiger partial charge in [-0.15, -0.1) is 5.10 Å². The number of anilines is 1. The zero-order chi connectivity index (χ0) is 8.55. The summed E-state index contributed by atoms with van der Waals surface area (Å²) in [6.45, 7) is 0. The molecule has 0 spiro atoms. The average Bonchev–Trinajstić information content (AvgIpc) is 2.49. The molecule has 0 aliphatic rings. The molecule has 1 aromatic carbocycles. The van der Waals surface area contributed by atoms with E-state index in [1.165, 1.54) is 11.5 Å². The van der Waals surface area contributed by atoms with Crippen molar-refractivity contribution in [2.45, 2.75) is 0 Å². The normalized spacial score (nSPS) is 10.5. The van der Waals surface area contributed by atoms with Gasteiger partial charge in [-0.1, -0.05) is 4.49 Å². The van der Waals surface area contributed by atoms with Gasteiger partial charge in [0.15, 0.2) is 0 Å². The molecule has 12 heavy (non-hydrogen) atoms. The summed E-state index contributed by atoms with van der Waals surface area (Å²) < 4.78 is 5.01. The predicted octanol–water partition coefficient (Wildman–Crippen LogP) is 1.76. The fourth-order valence-corrected chi connectivity index (χ4v) is 1.59. The van der Waals surface area contributed by atoms with Crippen LogP contribution < -0.4 is 4.90 Å². The summed E-state index contributed by atoms with van der Waals surface area (Å²) >= 11 is 1.43. The van der Waals surface area contributed by atoms with Crippen molar-refractivity contribution in [1.82, 2.24) is 9.59 Å². The highest BCUT2D eigenvalue weighted by atomic mass is 32.1. The van der Waals surface area contributed by atoms with E-state index in [1.807, 2.05) is 20.2 Å². The van der Waals surface area contributed by atoms with Crippen LogP contribution in [0, 0.1) is 0 Å². The van der Waals surface area contributed by atoms with E-state index in [9.17, 15) is 0 Å². The van der Waals surface area contributed by atoms with E-state index in [-0.39, 0.29) is 0 Å². The Bertz CT molecular complexity index is 394. The SMILES string of the molecule is CN(C)c1ccc2snnc2c1. The minimum absolute atomic E-state index is 0.978. The van der Waals surface area contributed by atoms with Gasteiger partial charge in [0, 0.05) is 19.8 Å². The summed E-state index contributed by atoms with van der Waals surface area (Å²) in [7, 11) is 4.03. The number of hydrogen-bond acceptors (Lipinski definition) is 4. The highest BCUT2D eigenvalue weighted by Crippen LogP contribution is 2.20. The van der Waals surface area contributed by atoms with E-state index in [4.69, 9.17) is 0 Å². The van der Waals surface area contributed by atoms with Crippen molar-refractivity contribution >= 4 is 27.4 Å². The van der Waals surface area contributed by atoms with E-state index in [2.05, 4.69) is 26.6 Å². The van der Waals surface area contributed by atoms with Crippen LogP contribution in [0.5, 0.6) is 0 Å². The Morgan fingerprint density at radius 3 is 2.92 bits per heavy atom. The highest BCUT2D eigenvalue weighted by Gasteiger charge is 2.00. The smallest absolute Gasteiger partial charge is 0.108 e. The van der Waals surface area contributed by atoms with Crippen molar-refractivity contribution in [1.29, 1.82) is 0 Å². The second-order valence-corrected chi connectivity index (χ2v) is 3.61. The molecule has 2 rings (SSSR count). The molecule has 3 nitrogen and oxygen atoms in total. The van der Waals surface area contributed by atoms with Gasteiger partial charge in [0.2, 0.25) is 0 Å². The Morgan fingerprint density at radius 1 is 1.33 bits per heavy atom. The first-order valence-electron chi connectivity index (χ1n) is 3.67. The van der Waals surface area contributed by atoms with Crippen LogP contribution in [0.1, 0.15) is 0 Å². The highest BCUT2D eigenvalue weighted by molar-refractivity contribution is 7.12. The molecule has 0 N–H and O–H groups in total. The number of benzene rings is 1. The van der Waals surface area contributed by atoms with Gasteiger partial charge in [-0.2, -0.15) is 0 Å². The fraction of sp³-hybridized carbons (Fsp3) is 0.250. The van der Waals surface area contributed by atoms with Gasteiger partial charge in [-0.3, -0.25) is 0 Å². The lowest BCUT2D eigenvalue weighted by molar-refractivity contribution is 1.13. The van der Waals surface area contributed by atoms with Crippen LogP contribution in [0.25, 0.3) is 10.2 Å². The summed E-state index contributed by atoms with van der Waals surface area (Å²) in [4.78, 5) is 2.05. The molecule has 0 saturated heterocycles. The molecular formula is C8H9N3S. The first-order valence-corrected chi connectivity index (χ1v) is 4.44. The Hall–Kier alpha value is -1.16. The second-order valence-electron chi connectivity index (χ2n) is 2.82. The number of aromatic nitrogens is 2. The topological polar surface area (TPSA) is 29.0 Å². The minimum atomic E-state index is 0.978. The standard InChI is InChI=1S/C8H9N3S/c1-11(2)6-3-4-8-7(5-6)9-10-12-8/h3-5H,1-2H3. The lowest BCUT2D eigenvalue weighted by atomic mass is 10.3. The maximum atomic E-state index is 4.00. The number of hydrogen-bond donors (Lipinski definition) is 0. The van der Waals surface area contributed by atoms with E-state index in [0.29, 0.717) is 0 Å². The third kappa shape index (κ3) is 1.14. The van der Waals surface area contributed by atoms with E-state index < -0.39 is 0 Å². The zero-order valence-corrected chi connectivity index (χ0v) is 7.80. The molecule has 0 bridgehead atoms. The van der Waals surface area contributed by atoms with Crippen LogP contribution in [0.4, 0.5) is 5.69 Å². The number of rotatable bonds is 1. The average molecular weight is 179 g/mol. The lowest BCUT2D eigenvalue weighted by Gasteiger charge is -2.10. The first-order chi connectivity index (χ1) is 5.77. The number of nitrogens with zero attached hydrogens (tertiary/aromatic N) is 3. The van der Waals surface area contributed by atoms with Crippen LogP contribution in [0.15, 0.2) is 18.2 Å². The fourth-order valence-electron chi connectivity index (χ4n) is 1.05. The van der Waals surface area contributed by atoms with Crippen molar-refractivity contribution in [2.75, 3.05) is 19.0 Å². The zero-order valence-electron chi connectivity index (χ0n) is 6.98. The van der Waals surface area contributed by atoms with Crippen molar-refractivity contribution in [3.63, 3.8) is 0 Å². The third-order valence-corrected chi connectivity index (χ3v) is 2.45. The molecule has 1 aromatic heterocycles. The van der Waals surface area contributed by atoms with Crippen LogP contribution in [-0.4, -0.2) is 23.7 Å². The van der Waals surface area contributed by atoms with Crippen LogP contribution in [-0.2, 0) is 0 Å². The Labute approximate surface area is 74.8 Å². The summed E-state index contributed by atoms with van der Waals surface area (Å²) in [5, 5.41) is 4.00. The molecule has 2 aromatic rings. The third-order valence-electron chi connectivity index (χ3n) is 1.75. The Morgan fingerprint density at radius 2 is 2.17 bits per heavy atom. The van der Waals surface area contributed by atoms with E-state index in [1.54, 1.807) is 0 Å². The summed E-state index contributed by atoms with van der Waals surface area (Å²) in [6, 6.07) is 6.16. The first kappa shape index (κ1) is 7.49. The molecule has 62 valence electrons. The molecule has 0 atom stereocenters. The van der Waals surface area contributed by atoms with Gasteiger partial charge in [-0.05, 0) is 29.7 Å². The molecule has 1 heterocycles. The molecule has 0 amide bonds. The van der Waals surface area contributed by atoms with Gasteiger partial charge in [0.05, 0.1) is 4.70 Å². The predicted molar refractivity (Wildman–Crippen MR) is 51.7 cm³/mol. The van der Waals surface area contributed by atoms with Crippen LogP contribution in [0.2, 0.25) is 0 Å². The summed E-state index contributed by atoms with van der Waals surface area (Å²) in [6.07, 6.45) is 0. The van der Waals surface area contributed by atoms with Gasteiger partial charge in [-0.25, -0.2) is 0 Å². The van der Waals surface area contributed by atoms with Gasteiger partial charge in [0.1, 0.15) is 5.52 Å². The Kier molecular flexibility index (Phi) is 1.69. The van der Waals surface area contributed by atoms with Crippen molar-refractivity contribution in [3.8, 4) is 0 Å². The molecule has 0 fully saturated rings. The summed E-state index contributed by atoms with van der Waals surface area (Å²) in [5.74, 6) is 0. The molecule has 0 aliphatic heterocycles. The van der Waals surface area contributed by atoms with Gasteiger partial charge in [0.25, 0.3) is 0 Å². The second kappa shape index (κ2) is 2.71.